The maximum atomic E-state index is 13.1. The van der Waals surface area contributed by atoms with E-state index in [4.69, 9.17) is 11.6 Å². The van der Waals surface area contributed by atoms with Gasteiger partial charge in [0.15, 0.2) is 0 Å². The molecule has 1 aliphatic heterocycles. The summed E-state index contributed by atoms with van der Waals surface area (Å²) < 4.78 is 13.1. The van der Waals surface area contributed by atoms with Gasteiger partial charge >= 0.3 is 6.03 Å². The Balaban J connectivity index is 1.49. The second-order valence-electron chi connectivity index (χ2n) is 5.44. The van der Waals surface area contributed by atoms with Gasteiger partial charge in [-0.3, -0.25) is 4.98 Å². The fourth-order valence-corrected chi connectivity index (χ4v) is 2.74. The van der Waals surface area contributed by atoms with E-state index in [1.54, 1.807) is 29.6 Å². The summed E-state index contributed by atoms with van der Waals surface area (Å²) in [4.78, 5) is 24.4. The van der Waals surface area contributed by atoms with Crippen LogP contribution < -0.4 is 10.2 Å². The number of anilines is 1. The van der Waals surface area contributed by atoms with Crippen molar-refractivity contribution in [2.24, 2.45) is 0 Å². The third-order valence-electron chi connectivity index (χ3n) is 3.87. The predicted octanol–water partition coefficient (Wildman–Crippen LogP) is 2.30. The quantitative estimate of drug-likeness (QED) is 0.923. The Labute approximate surface area is 144 Å². The molecule has 0 spiro atoms. The number of rotatable bonds is 3. The van der Waals surface area contributed by atoms with Crippen molar-refractivity contribution in [3.05, 3.63) is 53.2 Å². The zero-order valence-corrected chi connectivity index (χ0v) is 13.7. The molecule has 2 aromatic rings. The number of carbonyl (C=O) groups excluding carboxylic acids is 1. The molecule has 0 bridgehead atoms. The third-order valence-corrected chi connectivity index (χ3v) is 4.16. The molecule has 2 heterocycles. The molecule has 1 aromatic carbocycles. The van der Waals surface area contributed by atoms with Crippen LogP contribution in [-0.2, 0) is 6.54 Å². The van der Waals surface area contributed by atoms with Crippen LogP contribution in [0.1, 0.15) is 5.56 Å². The van der Waals surface area contributed by atoms with Gasteiger partial charge in [0.25, 0.3) is 0 Å². The van der Waals surface area contributed by atoms with E-state index in [1.807, 2.05) is 0 Å². The van der Waals surface area contributed by atoms with E-state index in [1.165, 1.54) is 12.1 Å². The number of nitrogens with one attached hydrogen (secondary N) is 1. The maximum absolute atomic E-state index is 13.1. The maximum Gasteiger partial charge on any atom is 0.317 e. The lowest BCUT2D eigenvalue weighted by Gasteiger charge is -2.35. The highest BCUT2D eigenvalue weighted by atomic mass is 35.5. The smallest absolute Gasteiger partial charge is 0.317 e. The molecule has 6 nitrogen and oxygen atoms in total. The number of aromatic nitrogens is 2. The van der Waals surface area contributed by atoms with Gasteiger partial charge in [0.2, 0.25) is 0 Å². The van der Waals surface area contributed by atoms with Gasteiger partial charge in [-0.1, -0.05) is 17.7 Å². The van der Waals surface area contributed by atoms with E-state index in [0.717, 1.165) is 11.4 Å². The average Bonchev–Trinajstić information content (AvgIpc) is 2.63. The summed E-state index contributed by atoms with van der Waals surface area (Å²) in [5, 5.41) is 2.88. The number of piperazine rings is 1. The number of carbonyl (C=O) groups is 1. The van der Waals surface area contributed by atoms with Gasteiger partial charge in [-0.25, -0.2) is 14.2 Å². The van der Waals surface area contributed by atoms with Crippen molar-refractivity contribution < 1.29 is 9.18 Å². The molecule has 1 N–H and O–H groups in total. The van der Waals surface area contributed by atoms with Crippen molar-refractivity contribution in [1.29, 1.82) is 0 Å². The van der Waals surface area contributed by atoms with Crippen molar-refractivity contribution >= 4 is 23.4 Å². The Bertz CT molecular complexity index is 707. The van der Waals surface area contributed by atoms with Crippen LogP contribution in [0, 0.1) is 5.82 Å². The van der Waals surface area contributed by atoms with Gasteiger partial charge in [0.05, 0.1) is 11.2 Å². The van der Waals surface area contributed by atoms with Crippen LogP contribution in [0.3, 0.4) is 0 Å². The molecule has 0 aliphatic carbocycles. The standard InChI is InChI=1S/C16H17ClFN5O/c17-13-9-12(1-2-14(13)18)10-21-16(24)23-7-5-22(6-8-23)15-11-19-3-4-20-15/h1-4,9,11H,5-8,10H2,(H,21,24). The van der Waals surface area contributed by atoms with E-state index >= 15 is 0 Å². The molecule has 3 rings (SSSR count). The summed E-state index contributed by atoms with van der Waals surface area (Å²) in [6.07, 6.45) is 5.01. The monoisotopic (exact) mass is 349 g/mol. The first-order valence-corrected chi connectivity index (χ1v) is 7.99. The van der Waals surface area contributed by atoms with Crippen LogP contribution in [0.4, 0.5) is 15.0 Å². The Morgan fingerprint density at radius 2 is 2.04 bits per heavy atom. The summed E-state index contributed by atoms with van der Waals surface area (Å²) in [5.74, 6) is 0.352. The lowest BCUT2D eigenvalue weighted by molar-refractivity contribution is 0.194. The number of halogens is 2. The minimum absolute atomic E-state index is 0.0549. The molecule has 1 saturated heterocycles. The lowest BCUT2D eigenvalue weighted by Crippen LogP contribution is -2.51. The van der Waals surface area contributed by atoms with Gasteiger partial charge in [0, 0.05) is 45.1 Å². The minimum Gasteiger partial charge on any atom is -0.352 e. The number of amides is 2. The third kappa shape index (κ3) is 3.91. The molecular weight excluding hydrogens is 333 g/mol. The molecule has 0 saturated carbocycles. The average molecular weight is 350 g/mol. The summed E-state index contributed by atoms with van der Waals surface area (Å²) in [5.41, 5.74) is 0.757. The number of nitrogens with zero attached hydrogens (tertiary/aromatic N) is 4. The van der Waals surface area contributed by atoms with Crippen molar-refractivity contribution in [2.45, 2.75) is 6.54 Å². The second-order valence-corrected chi connectivity index (χ2v) is 5.85. The van der Waals surface area contributed by atoms with Crippen LogP contribution in [0.25, 0.3) is 0 Å². The van der Waals surface area contributed by atoms with Crippen molar-refractivity contribution in [1.82, 2.24) is 20.2 Å². The summed E-state index contributed by atoms with van der Waals surface area (Å²) in [6.45, 7) is 2.92. The summed E-state index contributed by atoms with van der Waals surface area (Å²) in [7, 11) is 0. The van der Waals surface area contributed by atoms with E-state index in [2.05, 4.69) is 20.2 Å². The van der Waals surface area contributed by atoms with Crippen LogP contribution >= 0.6 is 11.6 Å². The largest absolute Gasteiger partial charge is 0.352 e. The molecule has 126 valence electrons. The van der Waals surface area contributed by atoms with Crippen molar-refractivity contribution in [3.8, 4) is 0 Å². The fraction of sp³-hybridized carbons (Fsp3) is 0.312. The molecule has 2 amide bonds. The van der Waals surface area contributed by atoms with Gasteiger partial charge in [-0.15, -0.1) is 0 Å². The number of hydrogen-bond acceptors (Lipinski definition) is 4. The lowest BCUT2D eigenvalue weighted by atomic mass is 10.2. The molecule has 24 heavy (non-hydrogen) atoms. The highest BCUT2D eigenvalue weighted by Gasteiger charge is 2.21. The van der Waals surface area contributed by atoms with E-state index < -0.39 is 5.82 Å². The SMILES string of the molecule is O=C(NCc1ccc(F)c(Cl)c1)N1CCN(c2cnccn2)CC1. The van der Waals surface area contributed by atoms with Crippen LogP contribution in [-0.4, -0.2) is 47.1 Å². The number of urea groups is 1. The summed E-state index contributed by atoms with van der Waals surface area (Å²) in [6, 6.07) is 4.27. The van der Waals surface area contributed by atoms with E-state index in [0.29, 0.717) is 32.7 Å². The molecular formula is C16H17ClFN5O. The van der Waals surface area contributed by atoms with Crippen LogP contribution in [0.15, 0.2) is 36.8 Å². The Morgan fingerprint density at radius 1 is 1.25 bits per heavy atom. The predicted molar refractivity (Wildman–Crippen MR) is 89.5 cm³/mol. The van der Waals surface area contributed by atoms with Crippen LogP contribution in [0.2, 0.25) is 5.02 Å². The Morgan fingerprint density at radius 3 is 2.71 bits per heavy atom. The van der Waals surface area contributed by atoms with Gasteiger partial charge < -0.3 is 15.1 Å². The van der Waals surface area contributed by atoms with Gasteiger partial charge in [-0.2, -0.15) is 0 Å². The zero-order chi connectivity index (χ0) is 16.9. The highest BCUT2D eigenvalue weighted by molar-refractivity contribution is 6.30. The Kier molecular flexibility index (Phi) is 5.10. The molecule has 0 radical (unpaired) electrons. The summed E-state index contributed by atoms with van der Waals surface area (Å²) >= 11 is 5.74. The first-order chi connectivity index (χ1) is 11.6. The molecule has 1 fully saturated rings. The Hall–Kier alpha value is -2.41. The number of hydrogen-bond donors (Lipinski definition) is 1. The van der Waals surface area contributed by atoms with Gasteiger partial charge in [0.1, 0.15) is 11.6 Å². The normalized spacial score (nSPS) is 14.6. The topological polar surface area (TPSA) is 61.4 Å². The molecule has 8 heteroatoms. The highest BCUT2D eigenvalue weighted by Crippen LogP contribution is 2.16. The fourth-order valence-electron chi connectivity index (χ4n) is 2.53. The van der Waals surface area contributed by atoms with E-state index in [9.17, 15) is 9.18 Å². The second kappa shape index (κ2) is 7.44. The first-order valence-electron chi connectivity index (χ1n) is 7.61. The molecule has 0 unspecified atom stereocenters. The molecule has 0 atom stereocenters. The van der Waals surface area contributed by atoms with Crippen molar-refractivity contribution in [3.63, 3.8) is 0 Å². The molecule has 1 aromatic heterocycles. The van der Waals surface area contributed by atoms with Crippen LogP contribution in [0.5, 0.6) is 0 Å². The number of benzene rings is 1. The minimum atomic E-state index is -0.466. The van der Waals surface area contributed by atoms with E-state index in [-0.39, 0.29) is 11.1 Å². The molecule has 1 aliphatic rings. The van der Waals surface area contributed by atoms with Gasteiger partial charge in [-0.05, 0) is 17.7 Å². The first kappa shape index (κ1) is 16.4. The zero-order valence-electron chi connectivity index (χ0n) is 13.0. The van der Waals surface area contributed by atoms with Crippen molar-refractivity contribution in [2.75, 3.05) is 31.1 Å².